The minimum absolute atomic E-state index is 0. The molecule has 1 aliphatic rings. The van der Waals surface area contributed by atoms with Crippen LogP contribution in [0.2, 0.25) is 0 Å². The van der Waals surface area contributed by atoms with E-state index in [9.17, 15) is 14.9 Å². The van der Waals surface area contributed by atoms with Crippen LogP contribution >= 0.6 is 12.4 Å². The molecule has 7 heteroatoms. The van der Waals surface area contributed by atoms with E-state index >= 15 is 0 Å². The minimum Gasteiger partial charge on any atom is -0.338 e. The molecular formula is C14H20ClN3O3. The largest absolute Gasteiger partial charge is 0.338 e. The van der Waals surface area contributed by atoms with E-state index in [4.69, 9.17) is 5.73 Å². The lowest BCUT2D eigenvalue weighted by atomic mass is 9.90. The summed E-state index contributed by atoms with van der Waals surface area (Å²) in [4.78, 5) is 24.5. The normalized spacial score (nSPS) is 17.0. The maximum absolute atomic E-state index is 12.4. The molecule has 1 atom stereocenters. The van der Waals surface area contributed by atoms with Gasteiger partial charge in [0.05, 0.1) is 4.92 Å². The number of hydrogen-bond acceptors (Lipinski definition) is 4. The molecule has 1 heterocycles. The second-order valence-corrected chi connectivity index (χ2v) is 5.26. The number of amides is 1. The summed E-state index contributed by atoms with van der Waals surface area (Å²) in [6.07, 6.45) is 1.70. The van der Waals surface area contributed by atoms with Crippen molar-refractivity contribution in [3.05, 3.63) is 39.9 Å². The van der Waals surface area contributed by atoms with Gasteiger partial charge in [0, 0.05) is 25.2 Å². The Morgan fingerprint density at radius 3 is 2.48 bits per heavy atom. The molecule has 0 radical (unpaired) electrons. The van der Waals surface area contributed by atoms with Crippen LogP contribution in [0, 0.1) is 16.0 Å². The van der Waals surface area contributed by atoms with E-state index in [1.807, 2.05) is 6.92 Å². The zero-order valence-electron chi connectivity index (χ0n) is 11.9. The SMILES string of the molecule is CC(N)C1CCN(C(=O)c2ccccc2[N+](=O)[O-])CC1.Cl. The molecule has 21 heavy (non-hydrogen) atoms. The minimum atomic E-state index is -0.512. The van der Waals surface area contributed by atoms with Crippen LogP contribution in [-0.4, -0.2) is 34.9 Å². The Bertz CT molecular complexity index is 514. The Kier molecular flexibility index (Phi) is 6.11. The Morgan fingerprint density at radius 2 is 1.95 bits per heavy atom. The van der Waals surface area contributed by atoms with Crippen LogP contribution in [0.1, 0.15) is 30.1 Å². The molecule has 1 unspecified atom stereocenters. The van der Waals surface area contributed by atoms with E-state index in [-0.39, 0.29) is 35.6 Å². The average molecular weight is 314 g/mol. The van der Waals surface area contributed by atoms with E-state index in [0.717, 1.165) is 12.8 Å². The Hall–Kier alpha value is -1.66. The van der Waals surface area contributed by atoms with Crippen molar-refractivity contribution in [1.29, 1.82) is 0 Å². The van der Waals surface area contributed by atoms with Crippen LogP contribution in [0.25, 0.3) is 0 Å². The van der Waals surface area contributed by atoms with Crippen LogP contribution in [0.4, 0.5) is 5.69 Å². The summed E-state index contributed by atoms with van der Waals surface area (Å²) in [6, 6.07) is 6.21. The predicted octanol–water partition coefficient (Wildman–Crippen LogP) is 2.22. The van der Waals surface area contributed by atoms with Crippen molar-refractivity contribution in [2.24, 2.45) is 11.7 Å². The van der Waals surface area contributed by atoms with Gasteiger partial charge >= 0.3 is 0 Å². The number of piperidine rings is 1. The van der Waals surface area contributed by atoms with Crippen molar-refractivity contribution in [3.8, 4) is 0 Å². The van der Waals surface area contributed by atoms with E-state index in [0.29, 0.717) is 19.0 Å². The summed E-state index contributed by atoms with van der Waals surface area (Å²) in [7, 11) is 0. The first kappa shape index (κ1) is 17.4. The third kappa shape index (κ3) is 3.92. The molecule has 1 amide bonds. The topological polar surface area (TPSA) is 89.5 Å². The van der Waals surface area contributed by atoms with Gasteiger partial charge in [-0.15, -0.1) is 12.4 Å². The molecule has 116 valence electrons. The Labute approximate surface area is 129 Å². The smallest absolute Gasteiger partial charge is 0.282 e. The van der Waals surface area contributed by atoms with Gasteiger partial charge in [0.15, 0.2) is 0 Å². The molecule has 0 aromatic heterocycles. The number of hydrogen-bond donors (Lipinski definition) is 1. The highest BCUT2D eigenvalue weighted by Crippen LogP contribution is 2.24. The lowest BCUT2D eigenvalue weighted by Crippen LogP contribution is -2.42. The lowest BCUT2D eigenvalue weighted by molar-refractivity contribution is -0.385. The summed E-state index contributed by atoms with van der Waals surface area (Å²) < 4.78 is 0. The number of carbonyl (C=O) groups excluding carboxylic acids is 1. The lowest BCUT2D eigenvalue weighted by Gasteiger charge is -2.33. The molecule has 1 aromatic carbocycles. The molecule has 0 aliphatic carbocycles. The Morgan fingerprint density at radius 1 is 1.38 bits per heavy atom. The van der Waals surface area contributed by atoms with Gasteiger partial charge in [-0.3, -0.25) is 14.9 Å². The number of nitro groups is 1. The third-order valence-electron chi connectivity index (χ3n) is 3.90. The Balaban J connectivity index is 0.00000220. The molecule has 0 saturated carbocycles. The van der Waals surface area contributed by atoms with Crippen molar-refractivity contribution in [3.63, 3.8) is 0 Å². The highest BCUT2D eigenvalue weighted by molar-refractivity contribution is 5.98. The van der Waals surface area contributed by atoms with Gasteiger partial charge in [0.1, 0.15) is 5.56 Å². The number of halogens is 1. The maximum atomic E-state index is 12.4. The monoisotopic (exact) mass is 313 g/mol. The fourth-order valence-corrected chi connectivity index (χ4v) is 2.61. The molecule has 1 fully saturated rings. The molecule has 2 N–H and O–H groups in total. The first-order valence-electron chi connectivity index (χ1n) is 6.79. The van der Waals surface area contributed by atoms with Gasteiger partial charge in [-0.05, 0) is 31.7 Å². The van der Waals surface area contributed by atoms with Crippen molar-refractivity contribution < 1.29 is 9.72 Å². The summed E-state index contributed by atoms with van der Waals surface area (Å²) in [6.45, 7) is 3.19. The van der Waals surface area contributed by atoms with E-state index < -0.39 is 4.92 Å². The summed E-state index contributed by atoms with van der Waals surface area (Å²) in [5, 5.41) is 11.0. The first-order chi connectivity index (χ1) is 9.50. The van der Waals surface area contributed by atoms with Crippen molar-refractivity contribution in [1.82, 2.24) is 4.90 Å². The van der Waals surface area contributed by atoms with Crippen LogP contribution in [0.3, 0.4) is 0 Å². The molecule has 1 aromatic rings. The van der Waals surface area contributed by atoms with E-state index in [2.05, 4.69) is 0 Å². The van der Waals surface area contributed by atoms with Crippen LogP contribution < -0.4 is 5.73 Å². The summed E-state index contributed by atoms with van der Waals surface area (Å²) in [5.41, 5.74) is 5.90. The molecular weight excluding hydrogens is 294 g/mol. The van der Waals surface area contributed by atoms with Crippen LogP contribution in [0.15, 0.2) is 24.3 Å². The number of benzene rings is 1. The summed E-state index contributed by atoms with van der Waals surface area (Å²) in [5.74, 6) is 0.158. The predicted molar refractivity (Wildman–Crippen MR) is 82.6 cm³/mol. The first-order valence-corrected chi connectivity index (χ1v) is 6.79. The van der Waals surface area contributed by atoms with Crippen molar-refractivity contribution in [2.75, 3.05) is 13.1 Å². The number of rotatable bonds is 3. The number of nitrogens with zero attached hydrogens (tertiary/aromatic N) is 2. The molecule has 1 saturated heterocycles. The quantitative estimate of drug-likeness (QED) is 0.684. The maximum Gasteiger partial charge on any atom is 0.282 e. The average Bonchev–Trinajstić information content (AvgIpc) is 2.46. The van der Waals surface area contributed by atoms with Gasteiger partial charge in [-0.1, -0.05) is 12.1 Å². The highest BCUT2D eigenvalue weighted by Gasteiger charge is 2.28. The van der Waals surface area contributed by atoms with Gasteiger partial charge < -0.3 is 10.6 Å². The second kappa shape index (κ2) is 7.38. The van der Waals surface area contributed by atoms with E-state index in [1.54, 1.807) is 17.0 Å². The van der Waals surface area contributed by atoms with Gasteiger partial charge in [0.25, 0.3) is 11.6 Å². The van der Waals surface area contributed by atoms with Gasteiger partial charge in [0.2, 0.25) is 0 Å². The fraction of sp³-hybridized carbons (Fsp3) is 0.500. The number of nitro benzene ring substituents is 1. The number of carbonyl (C=O) groups is 1. The molecule has 0 bridgehead atoms. The van der Waals surface area contributed by atoms with Crippen LogP contribution in [0.5, 0.6) is 0 Å². The number of likely N-dealkylation sites (tertiary alicyclic amines) is 1. The second-order valence-electron chi connectivity index (χ2n) is 5.26. The summed E-state index contributed by atoms with van der Waals surface area (Å²) >= 11 is 0. The highest BCUT2D eigenvalue weighted by atomic mass is 35.5. The fourth-order valence-electron chi connectivity index (χ4n) is 2.61. The molecule has 6 nitrogen and oxygen atoms in total. The van der Waals surface area contributed by atoms with Crippen molar-refractivity contribution in [2.45, 2.75) is 25.8 Å². The molecule has 0 spiro atoms. The standard InChI is InChI=1S/C14H19N3O3.ClH/c1-10(15)11-6-8-16(9-7-11)14(18)12-4-2-3-5-13(12)17(19)20;/h2-5,10-11H,6-9,15H2,1H3;1H. The van der Waals surface area contributed by atoms with Gasteiger partial charge in [-0.2, -0.15) is 0 Å². The third-order valence-corrected chi connectivity index (χ3v) is 3.90. The van der Waals surface area contributed by atoms with E-state index in [1.165, 1.54) is 12.1 Å². The van der Waals surface area contributed by atoms with Crippen molar-refractivity contribution >= 4 is 24.0 Å². The zero-order valence-corrected chi connectivity index (χ0v) is 12.7. The zero-order chi connectivity index (χ0) is 14.7. The number of para-hydroxylation sites is 1. The van der Waals surface area contributed by atoms with Gasteiger partial charge in [-0.25, -0.2) is 0 Å². The molecule has 1 aliphatic heterocycles. The van der Waals surface area contributed by atoms with Crippen LogP contribution in [-0.2, 0) is 0 Å². The molecule has 2 rings (SSSR count). The number of nitrogens with two attached hydrogens (primary N) is 1.